The first-order valence-corrected chi connectivity index (χ1v) is 6.63. The summed E-state index contributed by atoms with van der Waals surface area (Å²) in [4.78, 5) is 0. The van der Waals surface area contributed by atoms with E-state index in [2.05, 4.69) is 15.9 Å². The normalized spacial score (nSPS) is 12.5. The van der Waals surface area contributed by atoms with Crippen molar-refractivity contribution in [2.75, 3.05) is 0 Å². The molecule has 0 aliphatic carbocycles. The minimum Gasteiger partial charge on any atom is -0.320 e. The summed E-state index contributed by atoms with van der Waals surface area (Å²) in [5, 5.41) is 0.596. The molecule has 0 saturated carbocycles. The fraction of sp³-hybridized carbons (Fsp3) is 0.143. The maximum Gasteiger partial charge on any atom is 0.126 e. The summed E-state index contributed by atoms with van der Waals surface area (Å²) in [6.07, 6.45) is 0. The van der Waals surface area contributed by atoms with Crippen molar-refractivity contribution >= 4 is 27.5 Å². The minimum absolute atomic E-state index is 0.232. The lowest BCUT2D eigenvalue weighted by Crippen LogP contribution is -2.13. The van der Waals surface area contributed by atoms with Crippen LogP contribution in [0.1, 0.15) is 22.7 Å². The van der Waals surface area contributed by atoms with E-state index in [1.807, 2.05) is 12.1 Å². The average Bonchev–Trinajstić information content (AvgIpc) is 2.32. The summed E-state index contributed by atoms with van der Waals surface area (Å²) in [5.41, 5.74) is 8.42. The first-order valence-electron chi connectivity index (χ1n) is 5.46. The van der Waals surface area contributed by atoms with Gasteiger partial charge in [0.1, 0.15) is 5.82 Å². The van der Waals surface area contributed by atoms with Gasteiger partial charge in [0, 0.05) is 15.1 Å². The Labute approximate surface area is 119 Å². The van der Waals surface area contributed by atoms with E-state index in [9.17, 15) is 4.39 Å². The maximum absolute atomic E-state index is 13.2. The van der Waals surface area contributed by atoms with E-state index < -0.39 is 0 Å². The van der Waals surface area contributed by atoms with E-state index in [4.69, 9.17) is 17.3 Å². The highest BCUT2D eigenvalue weighted by atomic mass is 79.9. The van der Waals surface area contributed by atoms with Crippen LogP contribution < -0.4 is 5.73 Å². The van der Waals surface area contributed by atoms with Gasteiger partial charge < -0.3 is 5.73 Å². The third kappa shape index (κ3) is 2.58. The van der Waals surface area contributed by atoms with Gasteiger partial charge in [-0.25, -0.2) is 4.39 Å². The first-order chi connectivity index (χ1) is 8.50. The number of hydrogen-bond donors (Lipinski definition) is 1. The lowest BCUT2D eigenvalue weighted by Gasteiger charge is -2.16. The Morgan fingerprint density at radius 2 is 2.00 bits per heavy atom. The molecular formula is C14H12BrClFN. The zero-order valence-corrected chi connectivity index (χ0v) is 12.1. The molecule has 2 aromatic rings. The van der Waals surface area contributed by atoms with Crippen LogP contribution in [0.15, 0.2) is 40.9 Å². The summed E-state index contributed by atoms with van der Waals surface area (Å²) in [6, 6.07) is 9.99. The van der Waals surface area contributed by atoms with Crippen molar-refractivity contribution in [2.45, 2.75) is 13.0 Å². The van der Waals surface area contributed by atoms with Gasteiger partial charge in [0.05, 0.1) is 6.04 Å². The fourth-order valence-corrected chi connectivity index (χ4v) is 2.85. The Morgan fingerprint density at radius 3 is 2.61 bits per heavy atom. The van der Waals surface area contributed by atoms with Gasteiger partial charge in [-0.15, -0.1) is 0 Å². The predicted octanol–water partition coefficient (Wildman–Crippen LogP) is 4.60. The molecular weight excluding hydrogens is 317 g/mol. The molecule has 0 heterocycles. The fourth-order valence-electron chi connectivity index (χ4n) is 1.84. The Hall–Kier alpha value is -0.900. The smallest absolute Gasteiger partial charge is 0.126 e. The molecule has 0 aromatic heterocycles. The van der Waals surface area contributed by atoms with Gasteiger partial charge in [-0.3, -0.25) is 0 Å². The van der Waals surface area contributed by atoms with Crippen LogP contribution in [0.4, 0.5) is 4.39 Å². The van der Waals surface area contributed by atoms with Gasteiger partial charge in [0.15, 0.2) is 0 Å². The second-order valence-electron chi connectivity index (χ2n) is 4.12. The van der Waals surface area contributed by atoms with E-state index in [-0.39, 0.29) is 11.9 Å². The van der Waals surface area contributed by atoms with Crippen molar-refractivity contribution in [1.82, 2.24) is 0 Å². The van der Waals surface area contributed by atoms with Gasteiger partial charge in [-0.2, -0.15) is 0 Å². The predicted molar refractivity (Wildman–Crippen MR) is 76.3 cm³/mol. The average molecular weight is 329 g/mol. The highest BCUT2D eigenvalue weighted by molar-refractivity contribution is 9.10. The van der Waals surface area contributed by atoms with Crippen LogP contribution in [-0.2, 0) is 0 Å². The second kappa shape index (κ2) is 5.39. The van der Waals surface area contributed by atoms with Gasteiger partial charge in [0.25, 0.3) is 0 Å². The summed E-state index contributed by atoms with van der Waals surface area (Å²) < 4.78 is 14.1. The number of benzene rings is 2. The van der Waals surface area contributed by atoms with Crippen molar-refractivity contribution < 1.29 is 4.39 Å². The minimum atomic E-state index is -0.382. The Balaban J connectivity index is 2.48. The lowest BCUT2D eigenvalue weighted by molar-refractivity contribution is 0.617. The standard InChI is InChI=1S/C14H12BrClFN/c1-8-7-9(5-6-12(8)17)14(18)13-10(15)3-2-4-11(13)16/h2-7,14H,18H2,1H3. The molecule has 2 aromatic carbocycles. The number of halogens is 3. The zero-order chi connectivity index (χ0) is 13.3. The molecule has 1 atom stereocenters. The molecule has 2 N–H and O–H groups in total. The van der Waals surface area contributed by atoms with Crippen molar-refractivity contribution in [1.29, 1.82) is 0 Å². The van der Waals surface area contributed by atoms with Gasteiger partial charge >= 0.3 is 0 Å². The molecule has 1 unspecified atom stereocenters. The molecule has 0 aliphatic heterocycles. The summed E-state index contributed by atoms with van der Waals surface area (Å²) in [7, 11) is 0. The molecule has 0 amide bonds. The van der Waals surface area contributed by atoms with Crippen LogP contribution in [0.5, 0.6) is 0 Å². The highest BCUT2D eigenvalue weighted by Gasteiger charge is 2.16. The van der Waals surface area contributed by atoms with Crippen molar-refractivity contribution in [3.05, 3.63) is 68.4 Å². The maximum atomic E-state index is 13.2. The van der Waals surface area contributed by atoms with Crippen molar-refractivity contribution in [2.24, 2.45) is 5.73 Å². The lowest BCUT2D eigenvalue weighted by atomic mass is 9.98. The van der Waals surface area contributed by atoms with Crippen molar-refractivity contribution in [3.8, 4) is 0 Å². The SMILES string of the molecule is Cc1cc(C(N)c2c(Cl)cccc2Br)ccc1F. The number of hydrogen-bond acceptors (Lipinski definition) is 1. The number of aryl methyl sites for hydroxylation is 1. The molecule has 0 saturated heterocycles. The Bertz CT molecular complexity index is 566. The third-order valence-electron chi connectivity index (χ3n) is 2.85. The number of nitrogens with two attached hydrogens (primary N) is 1. The van der Waals surface area contributed by atoms with E-state index >= 15 is 0 Å². The van der Waals surface area contributed by atoms with Gasteiger partial charge in [-0.1, -0.05) is 45.7 Å². The summed E-state index contributed by atoms with van der Waals surface area (Å²) in [6.45, 7) is 1.72. The number of rotatable bonds is 2. The molecule has 2 rings (SSSR count). The topological polar surface area (TPSA) is 26.0 Å². The van der Waals surface area contributed by atoms with Gasteiger partial charge in [0.2, 0.25) is 0 Å². The summed E-state index contributed by atoms with van der Waals surface area (Å²) in [5.74, 6) is -0.232. The quantitative estimate of drug-likeness (QED) is 0.856. The monoisotopic (exact) mass is 327 g/mol. The van der Waals surface area contributed by atoms with Crippen LogP contribution in [0.3, 0.4) is 0 Å². The molecule has 0 aliphatic rings. The molecule has 0 spiro atoms. The molecule has 1 nitrogen and oxygen atoms in total. The first kappa shape index (κ1) is 13.5. The second-order valence-corrected chi connectivity index (χ2v) is 5.38. The van der Waals surface area contributed by atoms with Gasteiger partial charge in [-0.05, 0) is 36.2 Å². The Kier molecular flexibility index (Phi) is 4.05. The third-order valence-corrected chi connectivity index (χ3v) is 3.87. The van der Waals surface area contributed by atoms with Crippen LogP contribution in [0, 0.1) is 12.7 Å². The molecule has 0 radical (unpaired) electrons. The molecule has 0 fully saturated rings. The largest absolute Gasteiger partial charge is 0.320 e. The van der Waals surface area contributed by atoms with Crippen LogP contribution in [-0.4, -0.2) is 0 Å². The Morgan fingerprint density at radius 1 is 1.28 bits per heavy atom. The summed E-state index contributed by atoms with van der Waals surface area (Å²) >= 11 is 9.60. The zero-order valence-electron chi connectivity index (χ0n) is 9.75. The van der Waals surface area contributed by atoms with Crippen LogP contribution >= 0.6 is 27.5 Å². The molecule has 18 heavy (non-hydrogen) atoms. The van der Waals surface area contributed by atoms with Crippen LogP contribution in [0.25, 0.3) is 0 Å². The van der Waals surface area contributed by atoms with E-state index in [0.29, 0.717) is 10.6 Å². The van der Waals surface area contributed by atoms with Crippen LogP contribution in [0.2, 0.25) is 5.02 Å². The van der Waals surface area contributed by atoms with E-state index in [0.717, 1.165) is 15.6 Å². The van der Waals surface area contributed by atoms with Crippen molar-refractivity contribution in [3.63, 3.8) is 0 Å². The highest BCUT2D eigenvalue weighted by Crippen LogP contribution is 2.33. The van der Waals surface area contributed by atoms with E-state index in [1.54, 1.807) is 25.1 Å². The molecule has 0 bridgehead atoms. The molecule has 94 valence electrons. The molecule has 4 heteroatoms. The van der Waals surface area contributed by atoms with E-state index in [1.165, 1.54) is 6.07 Å².